The number of aromatic amines is 1. The largest absolute Gasteiger partial charge is 0.497 e. The molecule has 3 N–H and O–H groups in total. The van der Waals surface area contributed by atoms with Crippen molar-refractivity contribution in [2.45, 2.75) is 31.7 Å². The minimum Gasteiger partial charge on any atom is -0.497 e. The highest BCUT2D eigenvalue weighted by Crippen LogP contribution is 2.26. The van der Waals surface area contributed by atoms with E-state index in [9.17, 15) is 0 Å². The molecule has 0 amide bonds. The Kier molecular flexibility index (Phi) is 7.61. The third-order valence-electron chi connectivity index (χ3n) is 6.09. The average molecular weight is 435 g/mol. The minimum absolute atomic E-state index is 0.317. The van der Waals surface area contributed by atoms with Crippen molar-refractivity contribution < 1.29 is 4.74 Å². The third-order valence-corrected chi connectivity index (χ3v) is 6.09. The van der Waals surface area contributed by atoms with E-state index in [-0.39, 0.29) is 0 Å². The molecule has 0 bridgehead atoms. The first-order valence-corrected chi connectivity index (χ1v) is 11.5. The van der Waals surface area contributed by atoms with Crippen molar-refractivity contribution in [1.29, 1.82) is 0 Å². The van der Waals surface area contributed by atoms with Gasteiger partial charge in [0.2, 0.25) is 0 Å². The fourth-order valence-corrected chi connectivity index (χ4v) is 4.34. The number of aliphatic imine (C=N–C) groups is 1. The van der Waals surface area contributed by atoms with Crippen LogP contribution in [0.1, 0.15) is 36.7 Å². The summed E-state index contributed by atoms with van der Waals surface area (Å²) >= 11 is 0. The monoisotopic (exact) mass is 434 g/mol. The van der Waals surface area contributed by atoms with Gasteiger partial charge < -0.3 is 20.4 Å². The zero-order chi connectivity index (χ0) is 22.2. The molecule has 1 aliphatic heterocycles. The summed E-state index contributed by atoms with van der Waals surface area (Å²) in [7, 11) is 3.53. The molecule has 1 unspecified atom stereocenters. The lowest BCUT2D eigenvalue weighted by molar-refractivity contribution is 0.245. The van der Waals surface area contributed by atoms with Gasteiger partial charge in [0, 0.05) is 26.6 Å². The molecule has 7 heteroatoms. The van der Waals surface area contributed by atoms with Crippen molar-refractivity contribution >= 4 is 17.0 Å². The molecule has 1 saturated heterocycles. The van der Waals surface area contributed by atoms with Gasteiger partial charge in [0.05, 0.1) is 24.2 Å². The second-order valence-electron chi connectivity index (χ2n) is 8.22. The van der Waals surface area contributed by atoms with Gasteiger partial charge in [0.1, 0.15) is 11.6 Å². The maximum absolute atomic E-state index is 5.33. The van der Waals surface area contributed by atoms with Crippen molar-refractivity contribution in [3.05, 3.63) is 59.9 Å². The summed E-state index contributed by atoms with van der Waals surface area (Å²) in [5.74, 6) is 2.76. The molecule has 0 aliphatic carbocycles. The van der Waals surface area contributed by atoms with Gasteiger partial charge in [-0.3, -0.25) is 9.89 Å². The van der Waals surface area contributed by atoms with E-state index >= 15 is 0 Å². The van der Waals surface area contributed by atoms with Gasteiger partial charge in [-0.15, -0.1) is 0 Å². The Labute approximate surface area is 190 Å². The number of likely N-dealkylation sites (tertiary alicyclic amines) is 1. The summed E-state index contributed by atoms with van der Waals surface area (Å²) in [6.45, 7) is 3.94. The number of hydrogen-bond donors (Lipinski definition) is 3. The number of hydrogen-bond acceptors (Lipinski definition) is 4. The molecule has 2 aromatic carbocycles. The highest BCUT2D eigenvalue weighted by Gasteiger charge is 2.23. The van der Waals surface area contributed by atoms with Crippen LogP contribution in [0.3, 0.4) is 0 Å². The Balaban J connectivity index is 1.28. The number of guanidine groups is 1. The van der Waals surface area contributed by atoms with Gasteiger partial charge in [-0.2, -0.15) is 0 Å². The first kappa shape index (κ1) is 22.1. The van der Waals surface area contributed by atoms with Gasteiger partial charge >= 0.3 is 0 Å². The maximum Gasteiger partial charge on any atom is 0.191 e. The third kappa shape index (κ3) is 5.59. The lowest BCUT2D eigenvalue weighted by Gasteiger charge is -2.29. The molecule has 1 atom stereocenters. The second kappa shape index (κ2) is 11.0. The number of benzene rings is 2. The molecule has 0 saturated carbocycles. The van der Waals surface area contributed by atoms with Crippen molar-refractivity contribution in [3.8, 4) is 5.75 Å². The number of imidazole rings is 1. The second-order valence-corrected chi connectivity index (χ2v) is 8.22. The fourth-order valence-electron chi connectivity index (χ4n) is 4.34. The van der Waals surface area contributed by atoms with E-state index in [2.05, 4.69) is 48.7 Å². The van der Waals surface area contributed by atoms with Crippen LogP contribution in [0.2, 0.25) is 0 Å². The molecular weight excluding hydrogens is 400 g/mol. The lowest BCUT2D eigenvalue weighted by Crippen LogP contribution is -2.43. The number of methoxy groups -OCH3 is 1. The van der Waals surface area contributed by atoms with Crippen LogP contribution in [-0.4, -0.2) is 61.2 Å². The number of nitrogens with zero attached hydrogens (tertiary/aromatic N) is 3. The lowest BCUT2D eigenvalue weighted by atomic mass is 10.1. The number of nitrogens with one attached hydrogen (secondary N) is 3. The van der Waals surface area contributed by atoms with E-state index in [1.165, 1.54) is 18.4 Å². The average Bonchev–Trinajstić information content (AvgIpc) is 3.51. The van der Waals surface area contributed by atoms with E-state index in [4.69, 9.17) is 4.74 Å². The standard InChI is InChI=1S/C25H34N6O/c1-26-25(27-15-7-10-24-29-21-8-3-4-9-22(21)30-24)28-18-23(31-16-5-6-17-31)19-11-13-20(32-2)14-12-19/h3-4,8-9,11-14,23H,5-7,10,15-18H2,1-2H3,(H,29,30)(H2,26,27,28). The molecule has 1 aromatic heterocycles. The SMILES string of the molecule is CN=C(NCCCc1nc2ccccc2[nH]1)NCC(c1ccc(OC)cc1)N1CCCC1. The van der Waals surface area contributed by atoms with Gasteiger partial charge in [-0.25, -0.2) is 4.98 Å². The van der Waals surface area contributed by atoms with Gasteiger partial charge in [0.25, 0.3) is 0 Å². The maximum atomic E-state index is 5.33. The number of aryl methyl sites for hydroxylation is 1. The van der Waals surface area contributed by atoms with Gasteiger partial charge in [-0.05, 0) is 62.2 Å². The van der Waals surface area contributed by atoms with Crippen LogP contribution in [0, 0.1) is 0 Å². The summed E-state index contributed by atoms with van der Waals surface area (Å²) in [4.78, 5) is 15.0. The fraction of sp³-hybridized carbons (Fsp3) is 0.440. The summed E-state index contributed by atoms with van der Waals surface area (Å²) in [5, 5.41) is 6.98. The Morgan fingerprint density at radius 3 is 2.62 bits per heavy atom. The van der Waals surface area contributed by atoms with Gasteiger partial charge in [-0.1, -0.05) is 24.3 Å². The van der Waals surface area contributed by atoms with Crippen molar-refractivity contribution in [1.82, 2.24) is 25.5 Å². The number of aromatic nitrogens is 2. The van der Waals surface area contributed by atoms with Crippen LogP contribution in [0.15, 0.2) is 53.5 Å². The summed E-state index contributed by atoms with van der Waals surface area (Å²) in [6.07, 6.45) is 4.41. The zero-order valence-corrected chi connectivity index (χ0v) is 19.1. The smallest absolute Gasteiger partial charge is 0.191 e. The van der Waals surface area contributed by atoms with E-state index in [1.54, 1.807) is 7.11 Å². The van der Waals surface area contributed by atoms with Gasteiger partial charge in [0.15, 0.2) is 5.96 Å². The highest BCUT2D eigenvalue weighted by atomic mass is 16.5. The van der Waals surface area contributed by atoms with Crippen LogP contribution >= 0.6 is 0 Å². The number of rotatable bonds is 9. The van der Waals surface area contributed by atoms with E-state index in [0.717, 1.165) is 67.6 Å². The van der Waals surface area contributed by atoms with Crippen molar-refractivity contribution in [3.63, 3.8) is 0 Å². The van der Waals surface area contributed by atoms with Crippen LogP contribution in [0.25, 0.3) is 11.0 Å². The van der Waals surface area contributed by atoms with E-state index < -0.39 is 0 Å². The Morgan fingerprint density at radius 2 is 1.91 bits per heavy atom. The molecule has 170 valence electrons. The molecule has 7 nitrogen and oxygen atoms in total. The number of para-hydroxylation sites is 2. The molecule has 3 aromatic rings. The van der Waals surface area contributed by atoms with Crippen LogP contribution in [-0.2, 0) is 6.42 Å². The van der Waals surface area contributed by atoms with Crippen LogP contribution in [0.4, 0.5) is 0 Å². The van der Waals surface area contributed by atoms with E-state index in [0.29, 0.717) is 6.04 Å². The number of ether oxygens (including phenoxy) is 1. The molecular formula is C25H34N6O. The topological polar surface area (TPSA) is 77.6 Å². The summed E-state index contributed by atoms with van der Waals surface area (Å²) in [6, 6.07) is 16.9. The normalized spacial score (nSPS) is 15.8. The van der Waals surface area contributed by atoms with Crippen molar-refractivity contribution in [2.24, 2.45) is 4.99 Å². The van der Waals surface area contributed by atoms with E-state index in [1.807, 2.05) is 37.4 Å². The Bertz CT molecular complexity index is 974. The minimum atomic E-state index is 0.317. The van der Waals surface area contributed by atoms with Crippen LogP contribution in [0.5, 0.6) is 5.75 Å². The van der Waals surface area contributed by atoms with Crippen LogP contribution < -0.4 is 15.4 Å². The molecule has 2 heterocycles. The molecule has 0 spiro atoms. The molecule has 1 aliphatic rings. The Hall–Kier alpha value is -3.06. The molecule has 32 heavy (non-hydrogen) atoms. The molecule has 1 fully saturated rings. The summed E-state index contributed by atoms with van der Waals surface area (Å²) in [5.41, 5.74) is 3.43. The first-order chi connectivity index (χ1) is 15.8. The Morgan fingerprint density at radius 1 is 1.12 bits per heavy atom. The predicted molar refractivity (Wildman–Crippen MR) is 130 cm³/mol. The quantitative estimate of drug-likeness (QED) is 0.273. The highest BCUT2D eigenvalue weighted by molar-refractivity contribution is 5.79. The number of H-pyrrole nitrogens is 1. The zero-order valence-electron chi connectivity index (χ0n) is 19.1. The van der Waals surface area contributed by atoms with Crippen molar-refractivity contribution in [2.75, 3.05) is 40.3 Å². The molecule has 4 rings (SSSR count). The summed E-state index contributed by atoms with van der Waals surface area (Å²) < 4.78 is 5.33. The first-order valence-electron chi connectivity index (χ1n) is 11.5. The molecule has 0 radical (unpaired) electrons. The predicted octanol–water partition coefficient (Wildman–Crippen LogP) is 3.51. The number of fused-ring (bicyclic) bond motifs is 1.